The smallest absolute Gasteiger partial charge is 0.308 e. The van der Waals surface area contributed by atoms with Crippen molar-refractivity contribution >= 4 is 39.7 Å². The number of nitrogens with one attached hydrogen (secondary N) is 3. The highest BCUT2D eigenvalue weighted by Gasteiger charge is 2.39. The first kappa shape index (κ1) is 29.8. The van der Waals surface area contributed by atoms with Gasteiger partial charge in [0.25, 0.3) is 0 Å². The molecular formula is C27H41N4O6S+. The molecule has 3 rings (SSSR count). The highest BCUT2D eigenvalue weighted by Crippen LogP contribution is 2.35. The number of para-hydroxylation sites is 1. The normalized spacial score (nSPS) is 22.1. The molecule has 11 heteroatoms. The molecule has 0 saturated heterocycles. The maximum absolute atomic E-state index is 13.6. The van der Waals surface area contributed by atoms with Crippen molar-refractivity contribution in [2.75, 3.05) is 25.9 Å². The summed E-state index contributed by atoms with van der Waals surface area (Å²) >= 11 is 0. The monoisotopic (exact) mass is 549 g/mol. The molecule has 0 fully saturated rings. The van der Waals surface area contributed by atoms with E-state index >= 15 is 0 Å². The van der Waals surface area contributed by atoms with Crippen LogP contribution in [-0.4, -0.2) is 74.0 Å². The highest BCUT2D eigenvalue weighted by atomic mass is 32.2. The molecule has 2 aliphatic rings. The van der Waals surface area contributed by atoms with Crippen LogP contribution in [0.3, 0.4) is 0 Å². The molecule has 4 N–H and O–H groups in total. The largest absolute Gasteiger partial charge is 0.481 e. The third-order valence-corrected chi connectivity index (χ3v) is 7.87. The molecule has 4 atom stereocenters. The third-order valence-electron chi connectivity index (χ3n) is 7.18. The number of carbonyl (C=O) groups excluding carboxylic acids is 2. The Hall–Kier alpha value is -2.79. The minimum Gasteiger partial charge on any atom is -0.481 e. The summed E-state index contributed by atoms with van der Waals surface area (Å²) in [7, 11) is -3.65. The average molecular weight is 550 g/mol. The Labute approximate surface area is 225 Å². The van der Waals surface area contributed by atoms with Crippen LogP contribution in [0.25, 0.3) is 0 Å². The summed E-state index contributed by atoms with van der Waals surface area (Å²) in [4.78, 5) is 39.0. The summed E-state index contributed by atoms with van der Waals surface area (Å²) in [6.07, 6.45) is 7.55. The average Bonchev–Trinajstić information content (AvgIpc) is 3.18. The van der Waals surface area contributed by atoms with E-state index in [0.29, 0.717) is 13.0 Å². The van der Waals surface area contributed by atoms with Crippen molar-refractivity contribution in [2.45, 2.75) is 64.3 Å². The second-order valence-electron chi connectivity index (χ2n) is 10.8. The van der Waals surface area contributed by atoms with Gasteiger partial charge in [0.15, 0.2) is 6.21 Å². The van der Waals surface area contributed by atoms with Crippen LogP contribution < -0.4 is 15.4 Å². The van der Waals surface area contributed by atoms with Gasteiger partial charge in [-0.2, -0.15) is 0 Å². The van der Waals surface area contributed by atoms with Crippen LogP contribution in [0.15, 0.2) is 24.3 Å². The zero-order valence-corrected chi connectivity index (χ0v) is 23.3. The molecule has 210 valence electrons. The van der Waals surface area contributed by atoms with E-state index in [0.717, 1.165) is 49.7 Å². The Kier molecular flexibility index (Phi) is 10.4. The number of hydrogen-bond donors (Lipinski definition) is 4. The van der Waals surface area contributed by atoms with Crippen molar-refractivity contribution in [1.82, 2.24) is 15.4 Å². The van der Waals surface area contributed by atoms with Crippen molar-refractivity contribution in [3.8, 4) is 0 Å². The topological polar surface area (TPSA) is 145 Å². The maximum atomic E-state index is 13.6. The van der Waals surface area contributed by atoms with Gasteiger partial charge in [0.1, 0.15) is 12.6 Å². The number of carboxylic acid groups (broad SMARTS) is 1. The molecule has 38 heavy (non-hydrogen) atoms. The molecule has 0 aromatic heterocycles. The van der Waals surface area contributed by atoms with Crippen LogP contribution in [0.4, 0.5) is 5.69 Å². The Morgan fingerprint density at radius 3 is 2.53 bits per heavy atom. The number of benzene rings is 1. The van der Waals surface area contributed by atoms with Gasteiger partial charge in [-0.3, -0.25) is 14.4 Å². The molecule has 2 unspecified atom stereocenters. The number of sulfonamides is 1. The van der Waals surface area contributed by atoms with E-state index in [1.807, 2.05) is 32.0 Å². The van der Waals surface area contributed by atoms with E-state index in [1.165, 1.54) is 0 Å². The van der Waals surface area contributed by atoms with Gasteiger partial charge in [-0.25, -0.2) is 17.7 Å². The Bertz CT molecular complexity index is 1150. The molecule has 0 radical (unpaired) electrons. The molecule has 1 aromatic carbocycles. The fourth-order valence-corrected chi connectivity index (χ4v) is 5.77. The molecule has 1 aromatic rings. The first-order valence-corrected chi connectivity index (χ1v) is 15.3. The second kappa shape index (κ2) is 13.3. The van der Waals surface area contributed by atoms with Crippen molar-refractivity contribution < 1.29 is 32.5 Å². The summed E-state index contributed by atoms with van der Waals surface area (Å²) in [6, 6.07) is 7.19. The Balaban J connectivity index is 1.88. The van der Waals surface area contributed by atoms with E-state index in [2.05, 4.69) is 32.2 Å². The SMILES string of the molecule is CC(C)C[C@@H](C(=O)N[C@H]1CC2C=[N+](CCCCCCNC1=O)c1ccccc12)C(CNS(C)(=O)=O)C(=O)O. The van der Waals surface area contributed by atoms with Gasteiger partial charge in [-0.1, -0.05) is 38.5 Å². The second-order valence-corrected chi connectivity index (χ2v) is 12.6. The number of amides is 2. The summed E-state index contributed by atoms with van der Waals surface area (Å²) < 4.78 is 27.8. The number of rotatable bonds is 9. The lowest BCUT2D eigenvalue weighted by molar-refractivity contribution is -0.433. The molecule has 2 heterocycles. The minimum absolute atomic E-state index is 0.0247. The number of hydrogen-bond acceptors (Lipinski definition) is 5. The van der Waals surface area contributed by atoms with Crippen molar-refractivity contribution in [3.05, 3.63) is 29.8 Å². The first-order chi connectivity index (χ1) is 18.0. The van der Waals surface area contributed by atoms with Gasteiger partial charge in [-0.05, 0) is 31.6 Å². The summed E-state index contributed by atoms with van der Waals surface area (Å²) in [5, 5.41) is 15.7. The molecule has 0 saturated carbocycles. The maximum Gasteiger partial charge on any atom is 0.308 e. The standard InChI is InChI=1S/C27H40N4O6S/c1-18(2)14-21(22(27(34)35)16-29-38(3,36)37)25(32)30-23-15-19-17-31(24-11-7-6-10-20(19)24)13-9-5-4-8-12-28-26(23)33/h6-7,10-11,17-19,21-23,29H,4-5,8-9,12-16H2,1-3H3,(H2-,28,30,32,33,34,35)/p+1/t19?,21-,22?,23+/m1/s1. The quantitative estimate of drug-likeness (QED) is 0.347. The number of nitrogens with zero attached hydrogens (tertiary/aromatic N) is 1. The van der Waals surface area contributed by atoms with Gasteiger partial charge in [0, 0.05) is 31.1 Å². The number of carboxylic acids is 1. The summed E-state index contributed by atoms with van der Waals surface area (Å²) in [6.45, 7) is 4.72. The first-order valence-electron chi connectivity index (χ1n) is 13.4. The summed E-state index contributed by atoms with van der Waals surface area (Å²) in [5.74, 6) is -4.54. The fourth-order valence-electron chi connectivity index (χ4n) is 5.29. The van der Waals surface area contributed by atoms with Crippen LogP contribution in [0, 0.1) is 17.8 Å². The van der Waals surface area contributed by atoms with Crippen molar-refractivity contribution in [2.24, 2.45) is 17.8 Å². The third kappa shape index (κ3) is 8.36. The molecule has 2 amide bonds. The van der Waals surface area contributed by atoms with E-state index in [4.69, 9.17) is 0 Å². The van der Waals surface area contributed by atoms with E-state index in [-0.39, 0.29) is 24.2 Å². The molecule has 0 aliphatic carbocycles. The number of carbonyl (C=O) groups is 3. The molecule has 0 spiro atoms. The van der Waals surface area contributed by atoms with Gasteiger partial charge >= 0.3 is 5.97 Å². The van der Waals surface area contributed by atoms with E-state index in [1.54, 1.807) is 0 Å². The fraction of sp³-hybridized carbons (Fsp3) is 0.630. The lowest BCUT2D eigenvalue weighted by Gasteiger charge is -2.28. The molecule has 2 bridgehead atoms. The lowest BCUT2D eigenvalue weighted by atomic mass is 9.84. The van der Waals surface area contributed by atoms with Crippen molar-refractivity contribution in [3.63, 3.8) is 0 Å². The van der Waals surface area contributed by atoms with Crippen LogP contribution in [0.1, 0.15) is 63.9 Å². The molecule has 10 nitrogen and oxygen atoms in total. The van der Waals surface area contributed by atoms with Crippen LogP contribution in [0.5, 0.6) is 0 Å². The van der Waals surface area contributed by atoms with Gasteiger partial charge in [-0.15, -0.1) is 0 Å². The van der Waals surface area contributed by atoms with Crippen molar-refractivity contribution in [1.29, 1.82) is 0 Å². The zero-order chi connectivity index (χ0) is 27.9. The summed E-state index contributed by atoms with van der Waals surface area (Å²) in [5.41, 5.74) is 2.20. The predicted octanol–water partition coefficient (Wildman–Crippen LogP) is 1.98. The lowest BCUT2D eigenvalue weighted by Crippen LogP contribution is -2.52. The van der Waals surface area contributed by atoms with Gasteiger partial charge in [0.2, 0.25) is 27.5 Å². The molecular weight excluding hydrogens is 508 g/mol. The Morgan fingerprint density at radius 1 is 1.13 bits per heavy atom. The van der Waals surface area contributed by atoms with Crippen LogP contribution in [0.2, 0.25) is 0 Å². The predicted molar refractivity (Wildman–Crippen MR) is 145 cm³/mol. The van der Waals surface area contributed by atoms with Gasteiger partial charge < -0.3 is 15.7 Å². The van der Waals surface area contributed by atoms with Crippen LogP contribution in [-0.2, 0) is 24.4 Å². The number of fused-ring (bicyclic) bond motifs is 4. The number of aliphatic carboxylic acids is 1. The van der Waals surface area contributed by atoms with Crippen LogP contribution >= 0.6 is 0 Å². The molecule has 2 aliphatic heterocycles. The van der Waals surface area contributed by atoms with E-state index < -0.39 is 46.3 Å². The highest BCUT2D eigenvalue weighted by molar-refractivity contribution is 7.88. The minimum atomic E-state index is -3.65. The zero-order valence-electron chi connectivity index (χ0n) is 22.5. The van der Waals surface area contributed by atoms with Gasteiger partial charge in [0.05, 0.1) is 24.0 Å². The van der Waals surface area contributed by atoms with E-state index in [9.17, 15) is 27.9 Å². The Morgan fingerprint density at radius 2 is 1.84 bits per heavy atom.